The number of allylic oxidation sites excluding steroid dienone is 2. The summed E-state index contributed by atoms with van der Waals surface area (Å²) in [4.78, 5) is 12.3. The zero-order valence-corrected chi connectivity index (χ0v) is 13.4. The van der Waals surface area contributed by atoms with Crippen molar-refractivity contribution in [2.24, 2.45) is 0 Å². The molecule has 17 heavy (non-hydrogen) atoms. The monoisotopic (exact) mass is 386 g/mol. The number of hydrogen-bond donors (Lipinski definition) is 2. The van der Waals surface area contributed by atoms with Gasteiger partial charge in [0.05, 0.1) is 7.11 Å². The maximum absolute atomic E-state index is 11.3. The Kier molecular flexibility index (Phi) is 11.1. The van der Waals surface area contributed by atoms with E-state index < -0.39 is 0 Å². The van der Waals surface area contributed by atoms with E-state index >= 15 is 0 Å². The summed E-state index contributed by atoms with van der Waals surface area (Å²) in [5, 5.41) is 9.92. The third-order valence-corrected chi connectivity index (χ3v) is 4.45. The number of carbonyl (C=O) groups excluding carboxylic acids is 1. The van der Waals surface area contributed by atoms with E-state index in [4.69, 9.17) is 5.41 Å². The first-order valence-corrected chi connectivity index (χ1v) is 8.28. The van der Waals surface area contributed by atoms with Gasteiger partial charge < -0.3 is 15.5 Å². The van der Waals surface area contributed by atoms with E-state index in [0.717, 1.165) is 4.91 Å². The molecule has 0 fully saturated rings. The summed E-state index contributed by atoms with van der Waals surface area (Å²) >= 11 is 2.13. The lowest BCUT2D eigenvalue weighted by Gasteiger charge is -2.12. The molecular weight excluding hydrogens is 371 g/mol. The molecule has 0 aliphatic carbocycles. The molecule has 0 aromatic heterocycles. The van der Waals surface area contributed by atoms with Crippen molar-refractivity contribution < 1.29 is 9.53 Å². The average molecular weight is 386 g/mol. The standard InChI is InChI=1S/C10H15IN2O2S2/c1-13-9(10(14)15-2)7-16-17-8(3-5-11)4-6-12/h3-6,9,12-13H,7H2,1-2H3/b5-3-,8-4+,12-6?. The van der Waals surface area contributed by atoms with Crippen molar-refractivity contribution in [1.82, 2.24) is 5.32 Å². The lowest BCUT2D eigenvalue weighted by Crippen LogP contribution is -2.36. The Morgan fingerprint density at radius 1 is 1.65 bits per heavy atom. The molecular formula is C10H15IN2O2S2. The number of nitrogens with one attached hydrogen (secondary N) is 2. The van der Waals surface area contributed by atoms with Crippen LogP contribution in [0.25, 0.3) is 0 Å². The highest BCUT2D eigenvalue weighted by Crippen LogP contribution is 2.31. The minimum Gasteiger partial charge on any atom is -0.468 e. The number of ether oxygens (including phenoxy) is 1. The lowest BCUT2D eigenvalue weighted by molar-refractivity contribution is -0.142. The summed E-state index contributed by atoms with van der Waals surface area (Å²) in [6.45, 7) is 0. The van der Waals surface area contributed by atoms with Crippen molar-refractivity contribution in [3.8, 4) is 0 Å². The van der Waals surface area contributed by atoms with Crippen LogP contribution in [0.1, 0.15) is 0 Å². The smallest absolute Gasteiger partial charge is 0.323 e. The molecule has 0 aliphatic rings. The lowest BCUT2D eigenvalue weighted by atomic mass is 10.3. The Labute approximate surface area is 123 Å². The normalized spacial score (nSPS) is 13.7. The quantitative estimate of drug-likeness (QED) is 0.221. The number of esters is 1. The van der Waals surface area contributed by atoms with Crippen LogP contribution in [0.15, 0.2) is 21.1 Å². The van der Waals surface area contributed by atoms with Crippen molar-refractivity contribution in [1.29, 1.82) is 5.41 Å². The molecule has 0 aromatic rings. The summed E-state index contributed by atoms with van der Waals surface area (Å²) in [5.74, 6) is 0.348. The maximum Gasteiger partial charge on any atom is 0.323 e. The van der Waals surface area contributed by atoms with Crippen LogP contribution in [0.5, 0.6) is 0 Å². The van der Waals surface area contributed by atoms with Crippen LogP contribution in [-0.2, 0) is 9.53 Å². The Hall–Kier alpha value is 0.01000. The second kappa shape index (κ2) is 11.1. The van der Waals surface area contributed by atoms with Gasteiger partial charge in [0.2, 0.25) is 0 Å². The average Bonchev–Trinajstić information content (AvgIpc) is 2.34. The summed E-state index contributed by atoms with van der Waals surface area (Å²) in [5.41, 5.74) is 0. The van der Waals surface area contributed by atoms with Gasteiger partial charge >= 0.3 is 5.97 Å². The molecule has 0 aliphatic heterocycles. The number of likely N-dealkylation sites (N-methyl/N-ethyl adjacent to an activating group) is 1. The summed E-state index contributed by atoms with van der Waals surface area (Å²) in [6.07, 6.45) is 4.87. The first-order valence-electron chi connectivity index (χ1n) is 4.71. The van der Waals surface area contributed by atoms with Crippen LogP contribution < -0.4 is 5.32 Å². The van der Waals surface area contributed by atoms with Crippen molar-refractivity contribution in [3.05, 3.63) is 21.1 Å². The highest BCUT2D eigenvalue weighted by atomic mass is 127. The van der Waals surface area contributed by atoms with Crippen LogP contribution in [0.4, 0.5) is 0 Å². The molecule has 1 unspecified atom stereocenters. The summed E-state index contributed by atoms with van der Waals surface area (Å²) < 4.78 is 6.55. The molecule has 0 saturated heterocycles. The van der Waals surface area contributed by atoms with Gasteiger partial charge in [0, 0.05) is 16.9 Å². The highest BCUT2D eigenvalue weighted by Gasteiger charge is 2.16. The molecule has 2 N–H and O–H groups in total. The number of methoxy groups -OCH3 is 1. The SMILES string of the molecule is CNC(CSSC(/C=C\I)=C/C=N)C(=O)OC. The zero-order valence-electron chi connectivity index (χ0n) is 9.60. The van der Waals surface area contributed by atoms with Gasteiger partial charge in [0.25, 0.3) is 0 Å². The van der Waals surface area contributed by atoms with Gasteiger partial charge in [-0.25, -0.2) is 0 Å². The van der Waals surface area contributed by atoms with Gasteiger partial charge in [-0.15, -0.1) is 0 Å². The Morgan fingerprint density at radius 2 is 2.35 bits per heavy atom. The fourth-order valence-corrected chi connectivity index (χ4v) is 3.71. The van der Waals surface area contributed by atoms with E-state index in [9.17, 15) is 4.79 Å². The third-order valence-electron chi connectivity index (χ3n) is 1.70. The first-order chi connectivity index (χ1) is 8.19. The van der Waals surface area contributed by atoms with E-state index in [-0.39, 0.29) is 12.0 Å². The molecule has 0 bridgehead atoms. The predicted molar refractivity (Wildman–Crippen MR) is 84.9 cm³/mol. The zero-order chi connectivity index (χ0) is 13.1. The highest BCUT2D eigenvalue weighted by molar-refractivity contribution is 14.1. The molecule has 0 rings (SSSR count). The topological polar surface area (TPSA) is 62.2 Å². The molecule has 4 nitrogen and oxygen atoms in total. The van der Waals surface area contributed by atoms with Crippen molar-refractivity contribution in [2.75, 3.05) is 19.9 Å². The van der Waals surface area contributed by atoms with Gasteiger partial charge in [0.1, 0.15) is 6.04 Å². The molecule has 0 saturated carbocycles. The summed E-state index contributed by atoms with van der Waals surface area (Å²) in [6, 6.07) is -0.303. The Balaban J connectivity index is 4.14. The molecule has 0 amide bonds. The largest absolute Gasteiger partial charge is 0.468 e. The fourth-order valence-electron chi connectivity index (χ4n) is 0.837. The Bertz CT molecular complexity index is 309. The van der Waals surface area contributed by atoms with Crippen LogP contribution in [0.3, 0.4) is 0 Å². The molecule has 0 heterocycles. The first kappa shape index (κ1) is 17.0. The van der Waals surface area contributed by atoms with Crippen molar-refractivity contribution in [2.45, 2.75) is 6.04 Å². The van der Waals surface area contributed by atoms with E-state index in [0.29, 0.717) is 5.75 Å². The fraction of sp³-hybridized carbons (Fsp3) is 0.400. The maximum atomic E-state index is 11.3. The van der Waals surface area contributed by atoms with Gasteiger partial charge in [0.15, 0.2) is 0 Å². The van der Waals surface area contributed by atoms with Crippen LogP contribution in [-0.4, -0.2) is 38.1 Å². The van der Waals surface area contributed by atoms with Gasteiger partial charge in [-0.1, -0.05) is 44.2 Å². The van der Waals surface area contributed by atoms with Crippen molar-refractivity contribution in [3.63, 3.8) is 0 Å². The van der Waals surface area contributed by atoms with Gasteiger partial charge in [-0.3, -0.25) is 4.79 Å². The van der Waals surface area contributed by atoms with E-state index in [1.165, 1.54) is 24.1 Å². The third kappa shape index (κ3) is 7.85. The molecule has 7 heteroatoms. The van der Waals surface area contributed by atoms with E-state index in [2.05, 4.69) is 32.6 Å². The molecule has 0 radical (unpaired) electrons. The van der Waals surface area contributed by atoms with Crippen LogP contribution >= 0.6 is 44.2 Å². The minimum atomic E-state index is -0.303. The van der Waals surface area contributed by atoms with Gasteiger partial charge in [-0.05, 0) is 23.3 Å². The molecule has 0 spiro atoms. The number of hydrogen-bond acceptors (Lipinski definition) is 6. The van der Waals surface area contributed by atoms with Gasteiger partial charge in [-0.2, -0.15) is 0 Å². The molecule has 1 atom stereocenters. The van der Waals surface area contributed by atoms with Crippen LogP contribution in [0, 0.1) is 5.41 Å². The van der Waals surface area contributed by atoms with E-state index in [1.807, 2.05) is 10.2 Å². The number of rotatable bonds is 8. The molecule has 96 valence electrons. The Morgan fingerprint density at radius 3 is 2.82 bits per heavy atom. The van der Waals surface area contributed by atoms with Crippen molar-refractivity contribution >= 4 is 56.4 Å². The minimum absolute atomic E-state index is 0.261. The molecule has 0 aromatic carbocycles. The summed E-state index contributed by atoms with van der Waals surface area (Å²) in [7, 11) is 6.18. The van der Waals surface area contributed by atoms with E-state index in [1.54, 1.807) is 23.9 Å². The second-order valence-electron chi connectivity index (χ2n) is 2.76. The number of halogens is 1. The number of carbonyl (C=O) groups is 1. The second-order valence-corrected chi connectivity index (χ2v) is 5.89. The predicted octanol–water partition coefficient (Wildman–Crippen LogP) is 2.61. The van der Waals surface area contributed by atoms with Crippen LogP contribution in [0.2, 0.25) is 0 Å².